The number of carbonyl (C=O) groups is 1. The van der Waals surface area contributed by atoms with Gasteiger partial charge in [0, 0.05) is 32.2 Å². The number of nitrogens with zero attached hydrogens (tertiary/aromatic N) is 2. The minimum Gasteiger partial charge on any atom is -0.339 e. The molecule has 2 atom stereocenters. The number of hydrogen-bond donors (Lipinski definition) is 1. The highest BCUT2D eigenvalue weighted by Gasteiger charge is 2.35. The molecular formula is C13H23N3O. The van der Waals surface area contributed by atoms with Crippen molar-refractivity contribution in [1.29, 1.82) is 0 Å². The number of likely N-dealkylation sites (tertiary alicyclic amines) is 1. The van der Waals surface area contributed by atoms with Gasteiger partial charge in [-0.1, -0.05) is 6.08 Å². The van der Waals surface area contributed by atoms with E-state index in [1.807, 2.05) is 11.0 Å². The summed E-state index contributed by atoms with van der Waals surface area (Å²) in [5, 5.41) is 3.28. The third-order valence-corrected chi connectivity index (χ3v) is 3.87. The second-order valence-electron chi connectivity index (χ2n) is 4.95. The van der Waals surface area contributed by atoms with Crippen LogP contribution in [0.5, 0.6) is 0 Å². The van der Waals surface area contributed by atoms with E-state index >= 15 is 0 Å². The van der Waals surface area contributed by atoms with Crippen molar-refractivity contribution >= 4 is 5.91 Å². The van der Waals surface area contributed by atoms with Crippen molar-refractivity contribution in [1.82, 2.24) is 15.1 Å². The molecule has 2 aliphatic heterocycles. The van der Waals surface area contributed by atoms with E-state index in [0.717, 1.165) is 45.6 Å². The predicted molar refractivity (Wildman–Crippen MR) is 68.8 cm³/mol. The molecule has 17 heavy (non-hydrogen) atoms. The Labute approximate surface area is 104 Å². The molecule has 2 fully saturated rings. The van der Waals surface area contributed by atoms with E-state index in [0.29, 0.717) is 11.9 Å². The van der Waals surface area contributed by atoms with E-state index in [1.165, 1.54) is 0 Å². The molecule has 0 bridgehead atoms. The molecule has 2 rings (SSSR count). The van der Waals surface area contributed by atoms with Crippen molar-refractivity contribution in [3.05, 3.63) is 12.7 Å². The third kappa shape index (κ3) is 2.69. The van der Waals surface area contributed by atoms with Gasteiger partial charge in [-0.3, -0.25) is 9.69 Å². The summed E-state index contributed by atoms with van der Waals surface area (Å²) in [6.45, 7) is 10.5. The molecule has 0 spiro atoms. The number of hydrogen-bond acceptors (Lipinski definition) is 3. The van der Waals surface area contributed by atoms with Crippen molar-refractivity contribution in [3.8, 4) is 0 Å². The minimum atomic E-state index is 0.0844. The summed E-state index contributed by atoms with van der Waals surface area (Å²) < 4.78 is 0. The van der Waals surface area contributed by atoms with Gasteiger partial charge >= 0.3 is 0 Å². The van der Waals surface area contributed by atoms with Crippen LogP contribution >= 0.6 is 0 Å². The molecule has 0 aromatic rings. The molecule has 0 aromatic heterocycles. The highest BCUT2D eigenvalue weighted by molar-refractivity contribution is 5.82. The van der Waals surface area contributed by atoms with Gasteiger partial charge in [0.05, 0.1) is 6.04 Å². The summed E-state index contributed by atoms with van der Waals surface area (Å²) in [6, 6.07) is 0.385. The lowest BCUT2D eigenvalue weighted by atomic mass is 10.1. The predicted octanol–water partition coefficient (Wildman–Crippen LogP) is 0.457. The van der Waals surface area contributed by atoms with Gasteiger partial charge in [-0.15, -0.1) is 6.58 Å². The molecule has 0 radical (unpaired) electrons. The topological polar surface area (TPSA) is 35.6 Å². The Morgan fingerprint density at radius 2 is 2.12 bits per heavy atom. The molecule has 2 heterocycles. The van der Waals surface area contributed by atoms with Crippen molar-refractivity contribution in [2.24, 2.45) is 0 Å². The van der Waals surface area contributed by atoms with Crippen LogP contribution in [0.3, 0.4) is 0 Å². The highest BCUT2D eigenvalue weighted by atomic mass is 16.2. The lowest BCUT2D eigenvalue weighted by Crippen LogP contribution is -2.53. The molecular weight excluding hydrogens is 214 g/mol. The summed E-state index contributed by atoms with van der Waals surface area (Å²) in [6.07, 6.45) is 4.06. The normalized spacial score (nSPS) is 28.1. The van der Waals surface area contributed by atoms with Crippen molar-refractivity contribution < 1.29 is 4.79 Å². The van der Waals surface area contributed by atoms with Crippen LogP contribution in [0.2, 0.25) is 0 Å². The first kappa shape index (κ1) is 12.6. The van der Waals surface area contributed by atoms with Crippen LogP contribution in [0.4, 0.5) is 0 Å². The zero-order valence-corrected chi connectivity index (χ0v) is 10.7. The van der Waals surface area contributed by atoms with Gasteiger partial charge in [0.2, 0.25) is 5.91 Å². The maximum atomic E-state index is 12.5. The van der Waals surface area contributed by atoms with E-state index in [4.69, 9.17) is 0 Å². The summed E-state index contributed by atoms with van der Waals surface area (Å²) >= 11 is 0. The lowest BCUT2D eigenvalue weighted by Gasteiger charge is -2.34. The van der Waals surface area contributed by atoms with E-state index in [-0.39, 0.29) is 6.04 Å². The maximum absolute atomic E-state index is 12.5. The first-order valence-corrected chi connectivity index (χ1v) is 6.62. The summed E-state index contributed by atoms with van der Waals surface area (Å²) in [7, 11) is 0. The summed E-state index contributed by atoms with van der Waals surface area (Å²) in [5.74, 6) is 0.317. The second kappa shape index (κ2) is 5.65. The fourth-order valence-corrected chi connectivity index (χ4v) is 2.77. The Bertz CT molecular complexity index is 286. The first-order valence-electron chi connectivity index (χ1n) is 6.62. The number of nitrogens with one attached hydrogen (secondary N) is 1. The zero-order chi connectivity index (χ0) is 12.3. The molecule has 0 saturated carbocycles. The Hall–Kier alpha value is -0.870. The molecule has 1 amide bonds. The van der Waals surface area contributed by atoms with Gasteiger partial charge in [0.15, 0.2) is 0 Å². The molecule has 96 valence electrons. The summed E-state index contributed by atoms with van der Waals surface area (Å²) in [5.41, 5.74) is 0. The van der Waals surface area contributed by atoms with Crippen molar-refractivity contribution in [2.45, 2.75) is 31.8 Å². The molecule has 2 unspecified atom stereocenters. The number of carbonyl (C=O) groups excluding carboxylic acids is 1. The Balaban J connectivity index is 1.99. The standard InChI is InChI=1S/C13H23N3O/c1-3-11(2)16-8-4-5-12(16)13(17)15-9-6-14-7-10-15/h3,11-12,14H,1,4-10H2,2H3. The van der Waals surface area contributed by atoms with E-state index in [1.54, 1.807) is 0 Å². The van der Waals surface area contributed by atoms with Gasteiger partial charge in [-0.05, 0) is 26.3 Å². The van der Waals surface area contributed by atoms with E-state index < -0.39 is 0 Å². The Kier molecular flexibility index (Phi) is 4.18. The van der Waals surface area contributed by atoms with Gasteiger partial charge in [-0.25, -0.2) is 0 Å². The highest BCUT2D eigenvalue weighted by Crippen LogP contribution is 2.22. The Morgan fingerprint density at radius 1 is 1.41 bits per heavy atom. The van der Waals surface area contributed by atoms with Crippen LogP contribution in [0.25, 0.3) is 0 Å². The van der Waals surface area contributed by atoms with Crippen LogP contribution in [-0.4, -0.2) is 60.5 Å². The zero-order valence-electron chi connectivity index (χ0n) is 10.7. The molecule has 4 heteroatoms. The molecule has 4 nitrogen and oxygen atoms in total. The number of piperazine rings is 1. The number of amides is 1. The second-order valence-corrected chi connectivity index (χ2v) is 4.95. The van der Waals surface area contributed by atoms with Crippen LogP contribution in [0, 0.1) is 0 Å². The fraction of sp³-hybridized carbons (Fsp3) is 0.769. The smallest absolute Gasteiger partial charge is 0.240 e. The lowest BCUT2D eigenvalue weighted by molar-refractivity contribution is -0.136. The first-order chi connectivity index (χ1) is 8.24. The van der Waals surface area contributed by atoms with Gasteiger partial charge in [-0.2, -0.15) is 0 Å². The Morgan fingerprint density at radius 3 is 2.76 bits per heavy atom. The monoisotopic (exact) mass is 237 g/mol. The average Bonchev–Trinajstić information content (AvgIpc) is 2.87. The molecule has 1 N–H and O–H groups in total. The van der Waals surface area contributed by atoms with Gasteiger partial charge in [0.25, 0.3) is 0 Å². The third-order valence-electron chi connectivity index (χ3n) is 3.87. The summed E-state index contributed by atoms with van der Waals surface area (Å²) in [4.78, 5) is 16.8. The molecule has 0 aliphatic carbocycles. The molecule has 2 saturated heterocycles. The number of rotatable bonds is 3. The fourth-order valence-electron chi connectivity index (χ4n) is 2.77. The van der Waals surface area contributed by atoms with Crippen molar-refractivity contribution in [2.75, 3.05) is 32.7 Å². The minimum absolute atomic E-state index is 0.0844. The SMILES string of the molecule is C=CC(C)N1CCCC1C(=O)N1CCNCC1. The van der Waals surface area contributed by atoms with Gasteiger partial charge < -0.3 is 10.2 Å². The van der Waals surface area contributed by atoms with Crippen LogP contribution in [0.1, 0.15) is 19.8 Å². The quantitative estimate of drug-likeness (QED) is 0.724. The van der Waals surface area contributed by atoms with Gasteiger partial charge in [0.1, 0.15) is 0 Å². The van der Waals surface area contributed by atoms with E-state index in [2.05, 4.69) is 23.7 Å². The molecule has 2 aliphatic rings. The average molecular weight is 237 g/mol. The van der Waals surface area contributed by atoms with Crippen molar-refractivity contribution in [3.63, 3.8) is 0 Å². The van der Waals surface area contributed by atoms with Crippen LogP contribution in [0.15, 0.2) is 12.7 Å². The van der Waals surface area contributed by atoms with Crippen LogP contribution < -0.4 is 5.32 Å². The van der Waals surface area contributed by atoms with E-state index in [9.17, 15) is 4.79 Å². The maximum Gasteiger partial charge on any atom is 0.240 e. The largest absolute Gasteiger partial charge is 0.339 e. The molecule has 0 aromatic carbocycles. The van der Waals surface area contributed by atoms with Crippen LogP contribution in [-0.2, 0) is 4.79 Å².